The normalized spacial score (nSPS) is 28.2. The number of hydrogen-bond acceptors (Lipinski definition) is 4. The maximum Gasteiger partial charge on any atom is 0.332 e. The first kappa shape index (κ1) is 14.8. The van der Waals surface area contributed by atoms with E-state index in [1.807, 2.05) is 0 Å². The Morgan fingerprint density at radius 1 is 1.20 bits per heavy atom. The third kappa shape index (κ3) is 2.92. The Hall–Kier alpha value is -1.63. The summed E-state index contributed by atoms with van der Waals surface area (Å²) in [7, 11) is 0. The molecule has 1 saturated heterocycles. The highest BCUT2D eigenvalue weighted by Crippen LogP contribution is 2.37. The fourth-order valence-corrected chi connectivity index (χ4v) is 2.94. The summed E-state index contributed by atoms with van der Waals surface area (Å²) in [5.74, 6) is -1.79. The number of nitrogens with one attached hydrogen (secondary N) is 1. The van der Waals surface area contributed by atoms with Gasteiger partial charge in [0.1, 0.15) is 6.10 Å². The summed E-state index contributed by atoms with van der Waals surface area (Å²) in [6.07, 6.45) is 2.28. The van der Waals surface area contributed by atoms with Crippen molar-refractivity contribution in [1.29, 1.82) is 0 Å². The summed E-state index contributed by atoms with van der Waals surface area (Å²) in [6.45, 7) is 0.207. The Morgan fingerprint density at radius 3 is 2.30 bits per heavy atom. The highest BCUT2D eigenvalue weighted by atomic mass is 16.5. The molecule has 0 unspecified atom stereocenters. The number of nitrogens with two attached hydrogens (primary N) is 1. The Labute approximate surface area is 116 Å². The lowest BCUT2D eigenvalue weighted by Crippen LogP contribution is -2.47. The maximum absolute atomic E-state index is 12.0. The first-order valence-corrected chi connectivity index (χ1v) is 6.90. The summed E-state index contributed by atoms with van der Waals surface area (Å²) >= 11 is 0. The number of ether oxygens (including phenoxy) is 1. The number of carbonyl (C=O) groups excluding carboxylic acids is 2. The second-order valence-electron chi connectivity index (χ2n) is 5.60. The molecule has 1 aliphatic heterocycles. The van der Waals surface area contributed by atoms with Crippen molar-refractivity contribution in [2.45, 2.75) is 50.7 Å². The van der Waals surface area contributed by atoms with Crippen molar-refractivity contribution in [1.82, 2.24) is 5.32 Å². The molecule has 1 heterocycles. The summed E-state index contributed by atoms with van der Waals surface area (Å²) in [6, 6.07) is 0. The molecule has 20 heavy (non-hydrogen) atoms. The van der Waals surface area contributed by atoms with Crippen molar-refractivity contribution >= 4 is 17.8 Å². The van der Waals surface area contributed by atoms with Gasteiger partial charge in [-0.2, -0.15) is 0 Å². The Bertz CT molecular complexity index is 417. The first-order chi connectivity index (χ1) is 9.44. The average molecular weight is 284 g/mol. The first-order valence-electron chi connectivity index (χ1n) is 6.90. The number of carboxylic acid groups (broad SMARTS) is 1. The van der Waals surface area contributed by atoms with E-state index in [1.54, 1.807) is 0 Å². The molecule has 112 valence electrons. The zero-order valence-corrected chi connectivity index (χ0v) is 11.3. The van der Waals surface area contributed by atoms with E-state index in [1.165, 1.54) is 0 Å². The van der Waals surface area contributed by atoms with Crippen LogP contribution in [-0.2, 0) is 19.1 Å². The van der Waals surface area contributed by atoms with Gasteiger partial charge < -0.3 is 20.9 Å². The zero-order chi connectivity index (χ0) is 14.8. The van der Waals surface area contributed by atoms with Gasteiger partial charge in [0.15, 0.2) is 6.10 Å². The molecule has 0 spiro atoms. The minimum absolute atomic E-state index is 0.207. The van der Waals surface area contributed by atoms with Gasteiger partial charge in [0.05, 0.1) is 5.41 Å². The molecule has 0 aromatic rings. The monoisotopic (exact) mass is 284 g/mol. The van der Waals surface area contributed by atoms with E-state index in [0.717, 1.165) is 12.8 Å². The number of aliphatic carboxylic acids is 1. The molecule has 0 radical (unpaired) electrons. The number of rotatable bonds is 5. The van der Waals surface area contributed by atoms with Gasteiger partial charge in [-0.1, -0.05) is 12.8 Å². The van der Waals surface area contributed by atoms with E-state index >= 15 is 0 Å². The van der Waals surface area contributed by atoms with Gasteiger partial charge in [-0.3, -0.25) is 9.59 Å². The van der Waals surface area contributed by atoms with Crippen LogP contribution in [0.15, 0.2) is 0 Å². The second-order valence-corrected chi connectivity index (χ2v) is 5.60. The van der Waals surface area contributed by atoms with Gasteiger partial charge in [-0.25, -0.2) is 4.79 Å². The fraction of sp³-hybridized carbons (Fsp3) is 0.769. The largest absolute Gasteiger partial charge is 0.479 e. The molecule has 0 aromatic heterocycles. The van der Waals surface area contributed by atoms with Crippen LogP contribution in [0.3, 0.4) is 0 Å². The van der Waals surface area contributed by atoms with E-state index in [0.29, 0.717) is 25.7 Å². The van der Waals surface area contributed by atoms with Crippen molar-refractivity contribution in [3.05, 3.63) is 0 Å². The van der Waals surface area contributed by atoms with Crippen molar-refractivity contribution in [2.24, 2.45) is 11.1 Å². The number of hydrogen-bond donors (Lipinski definition) is 3. The van der Waals surface area contributed by atoms with Crippen molar-refractivity contribution in [2.75, 3.05) is 6.54 Å². The predicted molar refractivity (Wildman–Crippen MR) is 68.6 cm³/mol. The molecule has 0 aromatic carbocycles. The maximum atomic E-state index is 12.0. The van der Waals surface area contributed by atoms with Crippen LogP contribution in [0.2, 0.25) is 0 Å². The SMILES string of the molecule is NC(=O)C1(CNC(=O)[C@@H]2CC[C@H](C(=O)O)O2)CCCC1. The van der Waals surface area contributed by atoms with Crippen molar-refractivity contribution in [3.63, 3.8) is 0 Å². The van der Waals surface area contributed by atoms with E-state index in [4.69, 9.17) is 15.6 Å². The minimum Gasteiger partial charge on any atom is -0.479 e. The smallest absolute Gasteiger partial charge is 0.332 e. The summed E-state index contributed by atoms with van der Waals surface area (Å²) in [5, 5.41) is 11.5. The third-order valence-electron chi connectivity index (χ3n) is 4.27. The molecule has 0 bridgehead atoms. The number of carboxylic acids is 1. The van der Waals surface area contributed by atoms with Crippen molar-refractivity contribution < 1.29 is 24.2 Å². The predicted octanol–water partition coefficient (Wildman–Crippen LogP) is -0.220. The number of amides is 2. The van der Waals surface area contributed by atoms with Crippen LogP contribution in [0, 0.1) is 5.41 Å². The zero-order valence-electron chi connectivity index (χ0n) is 11.3. The molecule has 2 amide bonds. The van der Waals surface area contributed by atoms with Gasteiger partial charge in [0, 0.05) is 6.54 Å². The lowest BCUT2D eigenvalue weighted by atomic mass is 9.85. The Balaban J connectivity index is 1.86. The standard InChI is InChI=1S/C13H20N2O5/c14-12(19)13(5-1-2-6-13)7-15-10(16)8-3-4-9(20-8)11(17)18/h8-9H,1-7H2,(H2,14,19)(H,15,16)(H,17,18)/t8-,9+/m0/s1. The molecule has 2 rings (SSSR count). The van der Waals surface area contributed by atoms with Crippen molar-refractivity contribution in [3.8, 4) is 0 Å². The van der Waals surface area contributed by atoms with Crippen LogP contribution >= 0.6 is 0 Å². The van der Waals surface area contributed by atoms with Gasteiger partial charge in [0.25, 0.3) is 0 Å². The van der Waals surface area contributed by atoms with E-state index in [9.17, 15) is 14.4 Å². The summed E-state index contributed by atoms with van der Waals surface area (Å²) in [5.41, 5.74) is 4.78. The molecule has 7 heteroatoms. The van der Waals surface area contributed by atoms with Crippen LogP contribution in [0.1, 0.15) is 38.5 Å². The summed E-state index contributed by atoms with van der Waals surface area (Å²) in [4.78, 5) is 34.3. The van der Waals surface area contributed by atoms with Crippen LogP contribution in [-0.4, -0.2) is 41.6 Å². The van der Waals surface area contributed by atoms with Crippen LogP contribution in [0.5, 0.6) is 0 Å². The molecule has 4 N–H and O–H groups in total. The van der Waals surface area contributed by atoms with Gasteiger partial charge in [0.2, 0.25) is 11.8 Å². The third-order valence-corrected chi connectivity index (χ3v) is 4.27. The quantitative estimate of drug-likeness (QED) is 0.645. The van der Waals surface area contributed by atoms with Crippen LogP contribution < -0.4 is 11.1 Å². The topological polar surface area (TPSA) is 119 Å². The van der Waals surface area contributed by atoms with Crippen LogP contribution in [0.25, 0.3) is 0 Å². The average Bonchev–Trinajstić information content (AvgIpc) is 3.06. The van der Waals surface area contributed by atoms with Gasteiger partial charge >= 0.3 is 5.97 Å². The molecule has 2 fully saturated rings. The molecular weight excluding hydrogens is 264 g/mol. The lowest BCUT2D eigenvalue weighted by molar-refractivity contribution is -0.151. The number of primary amides is 1. The minimum atomic E-state index is -1.05. The molecule has 1 saturated carbocycles. The number of carbonyl (C=O) groups is 3. The second kappa shape index (κ2) is 5.78. The van der Waals surface area contributed by atoms with Crippen LogP contribution in [0.4, 0.5) is 0 Å². The Morgan fingerprint density at radius 2 is 1.80 bits per heavy atom. The molecule has 7 nitrogen and oxygen atoms in total. The molecule has 2 aliphatic rings. The fourth-order valence-electron chi connectivity index (χ4n) is 2.94. The molecule has 2 atom stereocenters. The van der Waals surface area contributed by atoms with E-state index < -0.39 is 23.6 Å². The lowest BCUT2D eigenvalue weighted by Gasteiger charge is -2.26. The van der Waals surface area contributed by atoms with E-state index in [2.05, 4.69) is 5.32 Å². The van der Waals surface area contributed by atoms with Gasteiger partial charge in [-0.15, -0.1) is 0 Å². The highest BCUT2D eigenvalue weighted by molar-refractivity contribution is 5.85. The molecular formula is C13H20N2O5. The van der Waals surface area contributed by atoms with E-state index in [-0.39, 0.29) is 18.4 Å². The summed E-state index contributed by atoms with van der Waals surface area (Å²) < 4.78 is 5.17. The van der Waals surface area contributed by atoms with Gasteiger partial charge in [-0.05, 0) is 25.7 Å². The Kier molecular flexibility index (Phi) is 4.27. The molecule has 1 aliphatic carbocycles. The highest BCUT2D eigenvalue weighted by Gasteiger charge is 2.41.